The van der Waals surface area contributed by atoms with Crippen molar-refractivity contribution >= 4 is 52.1 Å². The Kier molecular flexibility index (Phi) is 7.08. The van der Waals surface area contributed by atoms with Crippen LogP contribution in [0.4, 0.5) is 5.69 Å². The first-order valence-corrected chi connectivity index (χ1v) is 10.6. The van der Waals surface area contributed by atoms with Crippen molar-refractivity contribution in [3.63, 3.8) is 0 Å². The second-order valence-corrected chi connectivity index (χ2v) is 8.27. The fourth-order valence-electron chi connectivity index (χ4n) is 2.41. The highest BCUT2D eigenvalue weighted by molar-refractivity contribution is 8.01. The highest BCUT2D eigenvalue weighted by atomic mass is 35.5. The molecule has 0 unspecified atom stereocenters. The fraction of sp³-hybridized carbons (Fsp3) is 0.150. The lowest BCUT2D eigenvalue weighted by atomic mass is 10.2. The first-order valence-electron chi connectivity index (χ1n) is 8.34. The zero-order valence-electron chi connectivity index (χ0n) is 15.0. The number of nitrogens with zero attached hydrogens (tertiary/aromatic N) is 1. The summed E-state index contributed by atoms with van der Waals surface area (Å²) in [5.74, 6) is 0.672. The molecule has 1 heterocycles. The minimum atomic E-state index is -0.220. The number of aromatic nitrogens is 1. The summed E-state index contributed by atoms with van der Waals surface area (Å²) < 4.78 is 5.98. The summed E-state index contributed by atoms with van der Waals surface area (Å²) in [6, 6.07) is 14.2. The summed E-state index contributed by atoms with van der Waals surface area (Å²) >= 11 is 8.77. The Morgan fingerprint density at radius 2 is 2.00 bits per heavy atom. The molecule has 0 saturated carbocycles. The Balaban J connectivity index is 1.55. The van der Waals surface area contributed by atoms with Crippen LogP contribution in [0.3, 0.4) is 0 Å². The van der Waals surface area contributed by atoms with Gasteiger partial charge in [0.05, 0.1) is 30.7 Å². The molecule has 0 radical (unpaired) electrons. The van der Waals surface area contributed by atoms with Gasteiger partial charge in [-0.3, -0.25) is 9.59 Å². The SMILES string of the molecule is COc1ccc(Cl)cc1NC(=O)Cc1csc(SCC(=O)c2ccccc2)n1. The van der Waals surface area contributed by atoms with Gasteiger partial charge in [-0.25, -0.2) is 4.98 Å². The number of nitrogens with one attached hydrogen (secondary N) is 1. The quantitative estimate of drug-likeness (QED) is 0.402. The summed E-state index contributed by atoms with van der Waals surface area (Å²) in [6.07, 6.45) is 0.124. The van der Waals surface area contributed by atoms with Crippen molar-refractivity contribution in [1.82, 2.24) is 4.98 Å². The van der Waals surface area contributed by atoms with Crippen LogP contribution in [0.5, 0.6) is 5.75 Å². The standard InChI is InChI=1S/C20H17ClN2O3S2/c1-26-18-8-7-14(21)9-16(18)23-19(25)10-15-11-27-20(22-15)28-12-17(24)13-5-3-2-4-6-13/h2-9,11H,10,12H2,1H3,(H,23,25). The van der Waals surface area contributed by atoms with E-state index in [1.54, 1.807) is 30.3 Å². The number of amides is 1. The number of anilines is 1. The molecule has 0 spiro atoms. The van der Waals surface area contributed by atoms with Crippen LogP contribution in [0.1, 0.15) is 16.1 Å². The van der Waals surface area contributed by atoms with Crippen LogP contribution in [0.2, 0.25) is 5.02 Å². The number of thiazole rings is 1. The zero-order chi connectivity index (χ0) is 19.9. The molecule has 28 heavy (non-hydrogen) atoms. The number of benzene rings is 2. The van der Waals surface area contributed by atoms with Crippen LogP contribution in [0, 0.1) is 0 Å². The van der Waals surface area contributed by atoms with Gasteiger partial charge in [0.1, 0.15) is 5.75 Å². The Morgan fingerprint density at radius 1 is 1.21 bits per heavy atom. The maximum atomic E-state index is 12.3. The normalized spacial score (nSPS) is 10.5. The van der Waals surface area contributed by atoms with Crippen molar-refractivity contribution in [3.8, 4) is 5.75 Å². The molecule has 0 aliphatic carbocycles. The number of carbonyl (C=O) groups is 2. The molecule has 2 aromatic carbocycles. The topological polar surface area (TPSA) is 68.3 Å². The summed E-state index contributed by atoms with van der Waals surface area (Å²) in [6.45, 7) is 0. The molecule has 0 atom stereocenters. The van der Waals surface area contributed by atoms with Crippen molar-refractivity contribution in [1.29, 1.82) is 0 Å². The third-order valence-electron chi connectivity index (χ3n) is 3.73. The average Bonchev–Trinajstić information content (AvgIpc) is 3.14. The van der Waals surface area contributed by atoms with Crippen molar-refractivity contribution in [3.05, 3.63) is 70.2 Å². The van der Waals surface area contributed by atoms with E-state index in [-0.39, 0.29) is 18.1 Å². The van der Waals surface area contributed by atoms with Gasteiger partial charge in [0.15, 0.2) is 10.1 Å². The predicted molar refractivity (Wildman–Crippen MR) is 114 cm³/mol. The smallest absolute Gasteiger partial charge is 0.230 e. The molecular formula is C20H17ClN2O3S2. The van der Waals surface area contributed by atoms with E-state index in [1.165, 1.54) is 30.2 Å². The number of ketones is 1. The number of carbonyl (C=O) groups excluding carboxylic acids is 2. The van der Waals surface area contributed by atoms with Gasteiger partial charge < -0.3 is 10.1 Å². The molecular weight excluding hydrogens is 416 g/mol. The van der Waals surface area contributed by atoms with E-state index >= 15 is 0 Å². The van der Waals surface area contributed by atoms with Crippen molar-refractivity contribution in [2.24, 2.45) is 0 Å². The molecule has 0 bridgehead atoms. The number of thioether (sulfide) groups is 1. The fourth-order valence-corrected chi connectivity index (χ4v) is 4.32. The number of ether oxygens (including phenoxy) is 1. The molecule has 1 amide bonds. The van der Waals surface area contributed by atoms with E-state index < -0.39 is 0 Å². The third-order valence-corrected chi connectivity index (χ3v) is 6.04. The second-order valence-electron chi connectivity index (χ2n) is 5.75. The third kappa shape index (κ3) is 5.58. The van der Waals surface area contributed by atoms with Gasteiger partial charge in [-0.15, -0.1) is 11.3 Å². The van der Waals surface area contributed by atoms with Gasteiger partial charge in [0.2, 0.25) is 5.91 Å². The summed E-state index contributed by atoms with van der Waals surface area (Å²) in [7, 11) is 1.53. The molecule has 1 N–H and O–H groups in total. The number of Topliss-reactive ketones (excluding diaryl/α,β-unsaturated/α-hetero) is 1. The van der Waals surface area contributed by atoms with Gasteiger partial charge in [0.25, 0.3) is 0 Å². The summed E-state index contributed by atoms with van der Waals surface area (Å²) in [5.41, 5.74) is 1.85. The van der Waals surface area contributed by atoms with Gasteiger partial charge >= 0.3 is 0 Å². The number of hydrogen-bond donors (Lipinski definition) is 1. The molecule has 8 heteroatoms. The van der Waals surface area contributed by atoms with Crippen LogP contribution >= 0.6 is 34.7 Å². The second kappa shape index (κ2) is 9.73. The van der Waals surface area contributed by atoms with Gasteiger partial charge in [-0.05, 0) is 18.2 Å². The van der Waals surface area contributed by atoms with Gasteiger partial charge in [0, 0.05) is 16.0 Å². The van der Waals surface area contributed by atoms with E-state index in [0.717, 1.165) is 4.34 Å². The van der Waals surface area contributed by atoms with Crippen LogP contribution in [-0.2, 0) is 11.2 Å². The Bertz CT molecular complexity index is 977. The van der Waals surface area contributed by atoms with Crippen molar-refractivity contribution in [2.75, 3.05) is 18.2 Å². The maximum Gasteiger partial charge on any atom is 0.230 e. The number of rotatable bonds is 8. The van der Waals surface area contributed by atoms with Crippen LogP contribution in [-0.4, -0.2) is 29.5 Å². The molecule has 144 valence electrons. The molecule has 0 fully saturated rings. The molecule has 0 aliphatic rings. The average molecular weight is 433 g/mol. The first-order chi connectivity index (χ1) is 13.5. The predicted octanol–water partition coefficient (Wildman–Crippen LogP) is 4.96. The van der Waals surface area contributed by atoms with Gasteiger partial charge in [-0.2, -0.15) is 0 Å². The minimum Gasteiger partial charge on any atom is -0.495 e. The number of hydrogen-bond acceptors (Lipinski definition) is 6. The number of methoxy groups -OCH3 is 1. The molecule has 3 rings (SSSR count). The lowest BCUT2D eigenvalue weighted by Gasteiger charge is -2.10. The maximum absolute atomic E-state index is 12.3. The van der Waals surface area contributed by atoms with Crippen LogP contribution in [0.25, 0.3) is 0 Å². The molecule has 0 saturated heterocycles. The largest absolute Gasteiger partial charge is 0.495 e. The first kappa shape index (κ1) is 20.4. The van der Waals surface area contributed by atoms with Gasteiger partial charge in [-0.1, -0.05) is 53.7 Å². The van der Waals surface area contributed by atoms with Crippen LogP contribution < -0.4 is 10.1 Å². The monoisotopic (exact) mass is 432 g/mol. The van der Waals surface area contributed by atoms with E-state index in [4.69, 9.17) is 16.3 Å². The number of halogens is 1. The molecule has 1 aromatic heterocycles. The minimum absolute atomic E-state index is 0.0492. The zero-order valence-corrected chi connectivity index (χ0v) is 17.4. The lowest BCUT2D eigenvalue weighted by Crippen LogP contribution is -2.15. The van der Waals surface area contributed by atoms with Crippen molar-refractivity contribution in [2.45, 2.75) is 10.8 Å². The Morgan fingerprint density at radius 3 is 2.75 bits per heavy atom. The Labute approximate surface area is 176 Å². The molecule has 0 aliphatic heterocycles. The van der Waals surface area contributed by atoms with E-state index in [9.17, 15) is 9.59 Å². The Hall–Kier alpha value is -2.35. The highest BCUT2D eigenvalue weighted by Crippen LogP contribution is 2.28. The van der Waals surface area contributed by atoms with E-state index in [1.807, 2.05) is 23.6 Å². The molecule has 3 aromatic rings. The van der Waals surface area contributed by atoms with Crippen LogP contribution in [0.15, 0.2) is 58.3 Å². The summed E-state index contributed by atoms with van der Waals surface area (Å²) in [4.78, 5) is 28.9. The lowest BCUT2D eigenvalue weighted by molar-refractivity contribution is -0.115. The molecule has 5 nitrogen and oxygen atoms in total. The van der Waals surface area contributed by atoms with E-state index in [0.29, 0.717) is 33.5 Å². The van der Waals surface area contributed by atoms with Crippen molar-refractivity contribution < 1.29 is 14.3 Å². The van der Waals surface area contributed by atoms with E-state index in [2.05, 4.69) is 10.3 Å². The summed E-state index contributed by atoms with van der Waals surface area (Å²) in [5, 5.41) is 5.12. The highest BCUT2D eigenvalue weighted by Gasteiger charge is 2.13.